The molecule has 0 aromatic heterocycles. The number of rotatable bonds is 2. The standard InChI is InChI=1S/C14H13ClO.C14H12O.Al.3ClH/c1-14(2,15)13(16)12-9-5-7-10-6-3-4-8-11(10)12;1-9-8-11-7-6-10-4-2-3-5-12(10)13(11)14(9)15;;;;/h3-9H,1-2H3;2-7,9H,8H2,1H3;;3*1H/q;;+3;;;/p-3. The quantitative estimate of drug-likeness (QED) is 0.139. The molecule has 1 unspecified atom stereocenters. The van der Waals surface area contributed by atoms with Crippen LogP contribution in [0.2, 0.25) is 0 Å². The minimum atomic E-state index is -1.72. The highest BCUT2D eigenvalue weighted by Gasteiger charge is 2.28. The van der Waals surface area contributed by atoms with Crippen molar-refractivity contribution in [1.82, 2.24) is 0 Å². The number of alkyl halides is 1. The molecule has 0 saturated carbocycles. The summed E-state index contributed by atoms with van der Waals surface area (Å²) in [7, 11) is 14.8. The van der Waals surface area contributed by atoms with E-state index in [0.717, 1.165) is 28.1 Å². The third-order valence-electron chi connectivity index (χ3n) is 5.81. The number of Topliss-reactive ketones (excluding diaryl/α,β-unsaturated/α-hetero) is 2. The topological polar surface area (TPSA) is 34.1 Å². The first-order valence-corrected chi connectivity index (χ1v) is 16.8. The van der Waals surface area contributed by atoms with Crippen LogP contribution in [0.3, 0.4) is 0 Å². The van der Waals surface area contributed by atoms with Gasteiger partial charge in [0, 0.05) is 17.0 Å². The summed E-state index contributed by atoms with van der Waals surface area (Å²) in [5.41, 5.74) is 2.87. The van der Waals surface area contributed by atoms with E-state index in [2.05, 4.69) is 18.2 Å². The van der Waals surface area contributed by atoms with Gasteiger partial charge in [-0.05, 0) is 47.4 Å². The van der Waals surface area contributed by atoms with Gasteiger partial charge in [0.1, 0.15) is 4.87 Å². The first-order valence-electron chi connectivity index (χ1n) is 11.2. The second kappa shape index (κ2) is 12.1. The summed E-state index contributed by atoms with van der Waals surface area (Å²) in [5, 5.41) is 4.31. The van der Waals surface area contributed by atoms with Gasteiger partial charge >= 0.3 is 11.4 Å². The van der Waals surface area contributed by atoms with Crippen LogP contribution in [0, 0.1) is 5.92 Å². The van der Waals surface area contributed by atoms with Crippen molar-refractivity contribution in [1.29, 1.82) is 0 Å². The van der Waals surface area contributed by atoms with Crippen molar-refractivity contribution in [3.05, 3.63) is 95.6 Å². The van der Waals surface area contributed by atoms with Crippen molar-refractivity contribution in [2.24, 2.45) is 5.92 Å². The minimum Gasteiger partial charge on any atom is -0.294 e. The zero-order valence-corrected chi connectivity index (χ0v) is 23.9. The number of hydrogen-bond acceptors (Lipinski definition) is 2. The fraction of sp³-hybridized carbons (Fsp3) is 0.214. The normalized spacial score (nSPS) is 14.5. The molecule has 0 heterocycles. The zero-order chi connectivity index (χ0) is 25.8. The monoisotopic (exact) mass is 560 g/mol. The Bertz CT molecular complexity index is 1350. The summed E-state index contributed by atoms with van der Waals surface area (Å²) < 4.78 is 0. The number of halogens is 4. The van der Waals surface area contributed by atoms with E-state index in [1.54, 1.807) is 13.8 Å². The van der Waals surface area contributed by atoms with Crippen LogP contribution in [0.5, 0.6) is 0 Å². The fourth-order valence-electron chi connectivity index (χ4n) is 4.19. The van der Waals surface area contributed by atoms with Gasteiger partial charge in [-0.25, -0.2) is 30.1 Å². The summed E-state index contributed by atoms with van der Waals surface area (Å²) >= 11 is 4.35. The largest absolute Gasteiger partial charge is 0.643 e. The predicted octanol–water partition coefficient (Wildman–Crippen LogP) is 8.94. The molecule has 0 N–H and O–H groups in total. The van der Waals surface area contributed by atoms with Crippen LogP contribution in [0.1, 0.15) is 47.1 Å². The molecule has 0 bridgehead atoms. The number of hydrogen-bond donors (Lipinski definition) is 0. The summed E-state index contributed by atoms with van der Waals surface area (Å²) in [4.78, 5) is 23.3. The van der Waals surface area contributed by atoms with E-state index in [1.165, 1.54) is 10.9 Å². The molecule has 180 valence electrons. The Labute approximate surface area is 228 Å². The molecule has 0 amide bonds. The number of fused-ring (bicyclic) bond motifs is 4. The highest BCUT2D eigenvalue weighted by molar-refractivity contribution is 7.54. The molecule has 4 aromatic carbocycles. The number of ketones is 2. The first-order chi connectivity index (χ1) is 16.5. The Balaban J connectivity index is 0.000000170. The molecule has 4 aromatic rings. The number of carbonyl (C=O) groups is 2. The van der Waals surface area contributed by atoms with Crippen molar-refractivity contribution in [2.45, 2.75) is 32.1 Å². The Morgan fingerprint density at radius 3 is 1.94 bits per heavy atom. The van der Waals surface area contributed by atoms with Gasteiger partial charge in [0.25, 0.3) is 0 Å². The summed E-state index contributed by atoms with van der Waals surface area (Å²) in [6.07, 6.45) is 0.902. The molecule has 0 radical (unpaired) electrons. The third kappa shape index (κ3) is 7.02. The smallest absolute Gasteiger partial charge is 0.294 e. The van der Waals surface area contributed by atoms with Crippen molar-refractivity contribution in [2.75, 3.05) is 0 Å². The summed E-state index contributed by atoms with van der Waals surface area (Å²) in [6, 6.07) is 25.9. The third-order valence-corrected chi connectivity index (χ3v) is 5.98. The lowest BCUT2D eigenvalue weighted by molar-refractivity contribution is 0.0943. The Morgan fingerprint density at radius 1 is 0.829 bits per heavy atom. The molecule has 7 heteroatoms. The fourth-order valence-corrected chi connectivity index (χ4v) is 4.29. The maximum atomic E-state index is 12.1. The predicted molar refractivity (Wildman–Crippen MR) is 153 cm³/mol. The second-order valence-electron chi connectivity index (χ2n) is 8.87. The average Bonchev–Trinajstić information content (AvgIpc) is 3.11. The molecular formula is C28H25AlCl4O2. The van der Waals surface area contributed by atoms with Gasteiger partial charge in [0.2, 0.25) is 0 Å². The van der Waals surface area contributed by atoms with E-state index in [1.807, 2.05) is 67.6 Å². The molecule has 0 spiro atoms. The van der Waals surface area contributed by atoms with E-state index in [0.29, 0.717) is 11.3 Å². The molecular weight excluding hydrogens is 537 g/mol. The maximum Gasteiger partial charge on any atom is 0.643 e. The van der Waals surface area contributed by atoms with Gasteiger partial charge in [-0.15, -0.1) is 11.6 Å². The van der Waals surface area contributed by atoms with Crippen LogP contribution in [0.25, 0.3) is 21.5 Å². The maximum absolute atomic E-state index is 12.1. The minimum absolute atomic E-state index is 0.0361. The van der Waals surface area contributed by atoms with E-state index in [-0.39, 0.29) is 11.7 Å². The van der Waals surface area contributed by atoms with Crippen molar-refractivity contribution >= 4 is 86.2 Å². The second-order valence-corrected chi connectivity index (χ2v) is 16.2. The zero-order valence-electron chi connectivity index (χ0n) is 19.7. The van der Waals surface area contributed by atoms with Crippen LogP contribution in [0.15, 0.2) is 78.9 Å². The number of benzene rings is 4. The molecule has 0 fully saturated rings. The molecule has 1 aliphatic carbocycles. The number of carbonyl (C=O) groups excluding carboxylic acids is 2. The van der Waals surface area contributed by atoms with E-state index in [4.69, 9.17) is 41.7 Å². The van der Waals surface area contributed by atoms with Gasteiger partial charge in [0.05, 0.1) is 0 Å². The molecule has 2 nitrogen and oxygen atoms in total. The Hall–Kier alpha value is -1.57. The SMILES string of the molecule is CC(C)(Cl)C(=O)c1cccc2ccccc12.CC1Cc2ccc3ccccc3c2C1=O.[Cl][Al]([Cl])[Cl]. The summed E-state index contributed by atoms with van der Waals surface area (Å²) in [5.74, 6) is 0.429. The van der Waals surface area contributed by atoms with Crippen LogP contribution in [-0.2, 0) is 6.42 Å². The van der Waals surface area contributed by atoms with Gasteiger partial charge in [-0.1, -0.05) is 85.8 Å². The lowest BCUT2D eigenvalue weighted by atomic mass is 9.95. The molecule has 1 aliphatic rings. The Kier molecular flexibility index (Phi) is 9.69. The highest BCUT2D eigenvalue weighted by Crippen LogP contribution is 2.32. The van der Waals surface area contributed by atoms with Crippen LogP contribution >= 0.6 is 41.7 Å². The van der Waals surface area contributed by atoms with Crippen molar-refractivity contribution < 1.29 is 9.59 Å². The summed E-state index contributed by atoms with van der Waals surface area (Å²) in [6.45, 7) is 5.45. The highest BCUT2D eigenvalue weighted by atomic mass is 35.8. The lowest BCUT2D eigenvalue weighted by Gasteiger charge is -2.15. The van der Waals surface area contributed by atoms with Crippen LogP contribution < -0.4 is 0 Å². The molecule has 5 rings (SSSR count). The van der Waals surface area contributed by atoms with E-state index in [9.17, 15) is 9.59 Å². The van der Waals surface area contributed by atoms with Crippen molar-refractivity contribution in [3.63, 3.8) is 0 Å². The van der Waals surface area contributed by atoms with E-state index < -0.39 is 16.3 Å². The van der Waals surface area contributed by atoms with Crippen LogP contribution in [-0.4, -0.2) is 27.8 Å². The van der Waals surface area contributed by atoms with Gasteiger partial charge in [0.15, 0.2) is 11.6 Å². The van der Waals surface area contributed by atoms with Gasteiger partial charge < -0.3 is 0 Å². The van der Waals surface area contributed by atoms with Gasteiger partial charge in [-0.3, -0.25) is 9.59 Å². The van der Waals surface area contributed by atoms with Crippen molar-refractivity contribution in [3.8, 4) is 0 Å². The molecule has 35 heavy (non-hydrogen) atoms. The molecule has 0 aliphatic heterocycles. The average molecular weight is 562 g/mol. The first kappa shape index (κ1) is 28.0. The lowest BCUT2D eigenvalue weighted by Crippen LogP contribution is -2.24. The molecule has 0 saturated heterocycles. The molecule has 1 atom stereocenters. The van der Waals surface area contributed by atoms with E-state index >= 15 is 0 Å². The van der Waals surface area contributed by atoms with Crippen LogP contribution in [0.4, 0.5) is 0 Å². The Morgan fingerprint density at radius 2 is 1.34 bits per heavy atom. The van der Waals surface area contributed by atoms with Gasteiger partial charge in [-0.2, -0.15) is 0 Å².